The van der Waals surface area contributed by atoms with Gasteiger partial charge in [0.05, 0.1) is 23.3 Å². The summed E-state index contributed by atoms with van der Waals surface area (Å²) in [6.45, 7) is 7.01. The zero-order chi connectivity index (χ0) is 26.6. The third-order valence-electron chi connectivity index (χ3n) is 5.33. The van der Waals surface area contributed by atoms with E-state index in [2.05, 4.69) is 24.9 Å². The molecule has 0 aliphatic carbocycles. The second-order valence-electron chi connectivity index (χ2n) is 7.82. The van der Waals surface area contributed by atoms with Crippen molar-refractivity contribution < 1.29 is 23.1 Å². The lowest BCUT2D eigenvalue weighted by Crippen LogP contribution is -2.42. The van der Waals surface area contributed by atoms with Crippen LogP contribution in [-0.4, -0.2) is 41.4 Å². The van der Waals surface area contributed by atoms with E-state index < -0.39 is 27.9 Å². The predicted octanol–water partition coefficient (Wildman–Crippen LogP) is 4.06. The first-order chi connectivity index (χ1) is 17.7. The van der Waals surface area contributed by atoms with Crippen LogP contribution in [0.25, 0.3) is 15.9 Å². The number of carboxylic acids is 1. The van der Waals surface area contributed by atoms with E-state index in [-0.39, 0.29) is 33.1 Å². The Morgan fingerprint density at radius 3 is 2.49 bits per heavy atom. The lowest BCUT2D eigenvalue weighted by molar-refractivity contribution is -0.139. The molecule has 0 saturated heterocycles. The number of aliphatic carboxylic acids is 1. The number of aromatic nitrogens is 2. The first-order valence-corrected chi connectivity index (χ1v) is 12.6. The van der Waals surface area contributed by atoms with Crippen molar-refractivity contribution in [2.45, 2.75) is 17.4 Å². The van der Waals surface area contributed by atoms with Gasteiger partial charge in [0, 0.05) is 23.8 Å². The smallest absolute Gasteiger partial charge is 0.326 e. The minimum absolute atomic E-state index is 0.0529. The van der Waals surface area contributed by atoms with Crippen LogP contribution < -0.4 is 10.0 Å². The molecule has 0 saturated carbocycles. The number of carboxylic acid groups (broad SMARTS) is 1. The fourth-order valence-electron chi connectivity index (χ4n) is 3.56. The van der Waals surface area contributed by atoms with Crippen molar-refractivity contribution in [1.29, 1.82) is 0 Å². The molecule has 1 amide bonds. The molecule has 0 spiro atoms. The Hall–Kier alpha value is -4.53. The van der Waals surface area contributed by atoms with E-state index in [1.54, 1.807) is 30.3 Å². The zero-order valence-electron chi connectivity index (χ0n) is 18.9. The van der Waals surface area contributed by atoms with Gasteiger partial charge in [-0.2, -0.15) is 0 Å². The molecule has 37 heavy (non-hydrogen) atoms. The normalized spacial score (nSPS) is 11.9. The van der Waals surface area contributed by atoms with Gasteiger partial charge in [-0.3, -0.25) is 19.5 Å². The number of amides is 1. The Morgan fingerprint density at radius 2 is 1.78 bits per heavy atom. The van der Waals surface area contributed by atoms with Crippen LogP contribution in [0.4, 0.5) is 11.4 Å². The summed E-state index contributed by atoms with van der Waals surface area (Å²) in [5.74, 6) is -2.11. The number of nitrogens with one attached hydrogen (secondary N) is 2. The lowest BCUT2D eigenvalue weighted by Gasteiger charge is -2.17. The van der Waals surface area contributed by atoms with Gasteiger partial charge in [0.2, 0.25) is 0 Å². The summed E-state index contributed by atoms with van der Waals surface area (Å²) in [5.41, 5.74) is 1.22. The van der Waals surface area contributed by atoms with E-state index in [1.165, 1.54) is 42.7 Å². The van der Waals surface area contributed by atoms with Gasteiger partial charge < -0.3 is 10.4 Å². The zero-order valence-corrected chi connectivity index (χ0v) is 20.5. The van der Waals surface area contributed by atoms with Gasteiger partial charge in [0.15, 0.2) is 5.69 Å². The number of nitrogens with zero attached hydrogens (tertiary/aromatic N) is 3. The van der Waals surface area contributed by atoms with Gasteiger partial charge in [-0.1, -0.05) is 41.9 Å². The third-order valence-corrected chi connectivity index (χ3v) is 6.96. The molecule has 0 unspecified atom stereocenters. The monoisotopic (exact) mass is 535 g/mol. The fourth-order valence-corrected chi connectivity index (χ4v) is 4.97. The van der Waals surface area contributed by atoms with E-state index in [4.69, 9.17) is 18.2 Å². The van der Waals surface area contributed by atoms with Crippen molar-refractivity contribution in [3.8, 4) is 0 Å². The standard InChI is InChI=1S/C25H18ClN5O5S/c1-27-17-8-5-15(6-9-17)13-21(25(33)34)30-24(32)18-10-7-16(26)14-20(18)31-37(35,36)22-4-2-3-19-23(22)29-12-11-28-19/h2-12,14,21,31H,13H2,(H,30,32)(H,33,34)/t21-/m0/s1. The molecular formula is C25H18ClN5O5S. The Bertz CT molecular complexity index is 1650. The first-order valence-electron chi connectivity index (χ1n) is 10.7. The number of benzene rings is 3. The third kappa shape index (κ3) is 5.83. The number of para-hydroxylation sites is 1. The van der Waals surface area contributed by atoms with Crippen LogP contribution >= 0.6 is 11.6 Å². The van der Waals surface area contributed by atoms with Crippen molar-refractivity contribution in [1.82, 2.24) is 15.3 Å². The highest BCUT2D eigenvalue weighted by atomic mass is 35.5. The Kier molecular flexibility index (Phi) is 7.33. The summed E-state index contributed by atoms with van der Waals surface area (Å²) in [6, 6.07) is 13.4. The molecule has 1 heterocycles. The number of anilines is 1. The molecule has 10 nitrogen and oxygen atoms in total. The molecule has 4 rings (SSSR count). The molecule has 186 valence electrons. The highest BCUT2D eigenvalue weighted by Crippen LogP contribution is 2.27. The van der Waals surface area contributed by atoms with Crippen molar-refractivity contribution in [3.05, 3.63) is 101 Å². The summed E-state index contributed by atoms with van der Waals surface area (Å²) < 4.78 is 28.9. The average Bonchev–Trinajstić information content (AvgIpc) is 2.88. The van der Waals surface area contributed by atoms with Crippen molar-refractivity contribution >= 4 is 55.9 Å². The Labute approximate surface area is 216 Å². The van der Waals surface area contributed by atoms with E-state index in [9.17, 15) is 23.1 Å². The van der Waals surface area contributed by atoms with Gasteiger partial charge in [-0.15, -0.1) is 0 Å². The maximum atomic E-state index is 13.3. The molecule has 3 aromatic carbocycles. The van der Waals surface area contributed by atoms with Crippen molar-refractivity contribution in [2.24, 2.45) is 0 Å². The fraction of sp³-hybridized carbons (Fsp3) is 0.0800. The van der Waals surface area contributed by atoms with Gasteiger partial charge >= 0.3 is 5.97 Å². The van der Waals surface area contributed by atoms with E-state index >= 15 is 0 Å². The van der Waals surface area contributed by atoms with Crippen LogP contribution in [0.3, 0.4) is 0 Å². The minimum Gasteiger partial charge on any atom is -0.480 e. The van der Waals surface area contributed by atoms with Crippen LogP contribution in [0, 0.1) is 6.57 Å². The number of rotatable bonds is 8. The van der Waals surface area contributed by atoms with Crippen LogP contribution in [0.1, 0.15) is 15.9 Å². The average molecular weight is 536 g/mol. The second kappa shape index (κ2) is 10.6. The molecular weight excluding hydrogens is 518 g/mol. The maximum absolute atomic E-state index is 13.3. The van der Waals surface area contributed by atoms with Crippen LogP contribution in [0.2, 0.25) is 5.02 Å². The number of halogens is 1. The highest BCUT2D eigenvalue weighted by Gasteiger charge is 2.25. The molecule has 0 bridgehead atoms. The summed E-state index contributed by atoms with van der Waals surface area (Å²) in [7, 11) is -4.24. The van der Waals surface area contributed by atoms with Crippen LogP contribution in [-0.2, 0) is 21.2 Å². The number of hydrogen-bond acceptors (Lipinski definition) is 6. The van der Waals surface area contributed by atoms with Crippen LogP contribution in [0.5, 0.6) is 0 Å². The first kappa shape index (κ1) is 25.6. The van der Waals surface area contributed by atoms with Gasteiger partial charge in [-0.25, -0.2) is 18.1 Å². The number of fused-ring (bicyclic) bond motifs is 1. The summed E-state index contributed by atoms with van der Waals surface area (Å²) in [4.78, 5) is 36.3. The molecule has 0 fully saturated rings. The van der Waals surface area contributed by atoms with Gasteiger partial charge in [0.25, 0.3) is 15.9 Å². The number of sulfonamides is 1. The van der Waals surface area contributed by atoms with Crippen LogP contribution in [0.15, 0.2) is 78.0 Å². The molecule has 12 heteroatoms. The molecule has 0 aliphatic rings. The second-order valence-corrected chi connectivity index (χ2v) is 9.91. The summed E-state index contributed by atoms with van der Waals surface area (Å²) in [5, 5.41) is 12.3. The molecule has 4 aromatic rings. The van der Waals surface area contributed by atoms with Crippen molar-refractivity contribution in [3.63, 3.8) is 0 Å². The van der Waals surface area contributed by atoms with E-state index in [1.807, 2.05) is 0 Å². The lowest BCUT2D eigenvalue weighted by atomic mass is 10.0. The molecule has 1 atom stereocenters. The summed E-state index contributed by atoms with van der Waals surface area (Å²) >= 11 is 6.08. The number of carbonyl (C=O) groups is 2. The molecule has 0 aliphatic heterocycles. The highest BCUT2D eigenvalue weighted by molar-refractivity contribution is 7.93. The largest absolute Gasteiger partial charge is 0.480 e. The quantitative estimate of drug-likeness (QED) is 0.289. The maximum Gasteiger partial charge on any atom is 0.326 e. The summed E-state index contributed by atoms with van der Waals surface area (Å²) in [6.07, 6.45) is 2.74. The van der Waals surface area contributed by atoms with Gasteiger partial charge in [-0.05, 0) is 35.9 Å². The molecule has 1 aromatic heterocycles. The number of hydrogen-bond donors (Lipinski definition) is 3. The SMILES string of the molecule is [C-]#[N+]c1ccc(C[C@H](NC(=O)c2ccc(Cl)cc2NS(=O)(=O)c2cccc3nccnc23)C(=O)O)cc1. The minimum atomic E-state index is -4.24. The molecule has 0 radical (unpaired) electrons. The molecule has 3 N–H and O–H groups in total. The van der Waals surface area contributed by atoms with E-state index in [0.717, 1.165) is 0 Å². The van der Waals surface area contributed by atoms with Gasteiger partial charge in [0.1, 0.15) is 16.5 Å². The van der Waals surface area contributed by atoms with Crippen molar-refractivity contribution in [2.75, 3.05) is 4.72 Å². The van der Waals surface area contributed by atoms with E-state index in [0.29, 0.717) is 16.8 Å². The number of carbonyl (C=O) groups excluding carboxylic acids is 1. The predicted molar refractivity (Wildman–Crippen MR) is 137 cm³/mol. The topological polar surface area (TPSA) is 143 Å². The Morgan fingerprint density at radius 1 is 1.05 bits per heavy atom. The Balaban J connectivity index is 1.62.